The average Bonchev–Trinajstić information content (AvgIpc) is 2.64. The highest BCUT2D eigenvalue weighted by atomic mass is 16.5. The Kier molecular flexibility index (Phi) is 6.26. The van der Waals surface area contributed by atoms with Gasteiger partial charge in [-0.2, -0.15) is 0 Å². The number of amides is 1. The molecule has 0 aliphatic carbocycles. The standard InChI is InChI=1S/C21H26N2O3/c1-16(2)26-20-5-3-4-18(14-20)21(24)22-19-8-6-17(7-9-19)15-23-10-12-25-13-11-23/h3-9,14,16H,10-13,15H2,1-2H3,(H,22,24)/p+1. The second kappa shape index (κ2) is 8.83. The Morgan fingerprint density at radius 2 is 1.88 bits per heavy atom. The Bertz CT molecular complexity index is 722. The van der Waals surface area contributed by atoms with E-state index in [1.165, 1.54) is 10.5 Å². The molecule has 1 amide bonds. The fraction of sp³-hybridized carbons (Fsp3) is 0.381. The normalized spacial score (nSPS) is 15.0. The molecule has 0 aromatic heterocycles. The maximum absolute atomic E-state index is 12.5. The molecule has 1 aliphatic rings. The lowest BCUT2D eigenvalue weighted by molar-refractivity contribution is -0.921. The van der Waals surface area contributed by atoms with Crippen molar-refractivity contribution in [3.05, 3.63) is 59.7 Å². The SMILES string of the molecule is CC(C)Oc1cccc(C(=O)Nc2ccc(C[NH+]3CCOCC3)cc2)c1. The van der Waals surface area contributed by atoms with Crippen molar-refractivity contribution in [3.8, 4) is 5.75 Å². The molecule has 1 heterocycles. The average molecular weight is 355 g/mol. The zero-order valence-corrected chi connectivity index (χ0v) is 15.5. The molecular formula is C21H27N2O3+. The van der Waals surface area contributed by atoms with Crippen molar-refractivity contribution < 1.29 is 19.2 Å². The molecule has 5 heteroatoms. The van der Waals surface area contributed by atoms with Gasteiger partial charge in [-0.1, -0.05) is 18.2 Å². The number of ether oxygens (including phenoxy) is 2. The molecule has 138 valence electrons. The molecule has 2 aromatic rings. The van der Waals surface area contributed by atoms with E-state index >= 15 is 0 Å². The Balaban J connectivity index is 1.59. The lowest BCUT2D eigenvalue weighted by Crippen LogP contribution is -3.12. The predicted octanol–water partition coefficient (Wildman–Crippen LogP) is 2.14. The van der Waals surface area contributed by atoms with Crippen molar-refractivity contribution >= 4 is 11.6 Å². The molecule has 5 nitrogen and oxygen atoms in total. The monoisotopic (exact) mass is 355 g/mol. The van der Waals surface area contributed by atoms with E-state index in [9.17, 15) is 4.79 Å². The van der Waals surface area contributed by atoms with Crippen molar-refractivity contribution in [1.29, 1.82) is 0 Å². The maximum Gasteiger partial charge on any atom is 0.255 e. The van der Waals surface area contributed by atoms with Gasteiger partial charge in [-0.3, -0.25) is 4.79 Å². The second-order valence-electron chi connectivity index (χ2n) is 6.88. The predicted molar refractivity (Wildman–Crippen MR) is 102 cm³/mol. The van der Waals surface area contributed by atoms with Crippen LogP contribution in [0.2, 0.25) is 0 Å². The van der Waals surface area contributed by atoms with E-state index < -0.39 is 0 Å². The summed E-state index contributed by atoms with van der Waals surface area (Å²) in [7, 11) is 0. The minimum atomic E-state index is -0.134. The van der Waals surface area contributed by atoms with E-state index in [0.717, 1.165) is 38.5 Å². The molecule has 0 bridgehead atoms. The number of nitrogens with one attached hydrogen (secondary N) is 2. The van der Waals surface area contributed by atoms with Crippen LogP contribution in [0, 0.1) is 0 Å². The molecule has 26 heavy (non-hydrogen) atoms. The first kappa shape index (κ1) is 18.4. The Hall–Kier alpha value is -2.37. The molecule has 1 saturated heterocycles. The van der Waals surface area contributed by atoms with Gasteiger partial charge in [-0.25, -0.2) is 0 Å². The summed E-state index contributed by atoms with van der Waals surface area (Å²) in [6.07, 6.45) is 0.0782. The summed E-state index contributed by atoms with van der Waals surface area (Å²) in [6, 6.07) is 15.3. The third kappa shape index (κ3) is 5.31. The highest BCUT2D eigenvalue weighted by Crippen LogP contribution is 2.17. The van der Waals surface area contributed by atoms with Gasteiger partial charge in [0.25, 0.3) is 5.91 Å². The van der Waals surface area contributed by atoms with Crippen LogP contribution in [0.1, 0.15) is 29.8 Å². The van der Waals surface area contributed by atoms with E-state index in [1.54, 1.807) is 12.1 Å². The number of anilines is 1. The van der Waals surface area contributed by atoms with Crippen LogP contribution < -0.4 is 15.0 Å². The number of rotatable bonds is 6. The number of hydrogen-bond acceptors (Lipinski definition) is 3. The number of carbonyl (C=O) groups excluding carboxylic acids is 1. The summed E-state index contributed by atoms with van der Waals surface area (Å²) in [5.74, 6) is 0.572. The molecule has 0 radical (unpaired) electrons. The first-order valence-corrected chi connectivity index (χ1v) is 9.18. The van der Waals surface area contributed by atoms with Gasteiger partial charge in [0.1, 0.15) is 25.4 Å². The summed E-state index contributed by atoms with van der Waals surface area (Å²) >= 11 is 0. The van der Waals surface area contributed by atoms with Crippen molar-refractivity contribution in [3.63, 3.8) is 0 Å². The largest absolute Gasteiger partial charge is 0.491 e. The third-order valence-corrected chi connectivity index (χ3v) is 4.33. The smallest absolute Gasteiger partial charge is 0.255 e. The summed E-state index contributed by atoms with van der Waals surface area (Å²) in [5, 5.41) is 2.95. The van der Waals surface area contributed by atoms with Crippen LogP contribution in [0.3, 0.4) is 0 Å². The molecule has 0 saturated carbocycles. The van der Waals surface area contributed by atoms with Crippen LogP contribution in [0.4, 0.5) is 5.69 Å². The quantitative estimate of drug-likeness (QED) is 0.835. The molecular weight excluding hydrogens is 328 g/mol. The summed E-state index contributed by atoms with van der Waals surface area (Å²) < 4.78 is 11.0. The maximum atomic E-state index is 12.5. The fourth-order valence-electron chi connectivity index (χ4n) is 3.02. The van der Waals surface area contributed by atoms with Crippen molar-refractivity contribution in [2.24, 2.45) is 0 Å². The van der Waals surface area contributed by atoms with Gasteiger partial charge in [-0.05, 0) is 44.2 Å². The van der Waals surface area contributed by atoms with Crippen LogP contribution in [0.25, 0.3) is 0 Å². The molecule has 2 aromatic carbocycles. The van der Waals surface area contributed by atoms with Gasteiger partial charge < -0.3 is 19.7 Å². The van der Waals surface area contributed by atoms with E-state index in [4.69, 9.17) is 9.47 Å². The minimum absolute atomic E-state index is 0.0782. The van der Waals surface area contributed by atoms with Gasteiger partial charge in [0, 0.05) is 16.8 Å². The van der Waals surface area contributed by atoms with Gasteiger partial charge in [-0.15, -0.1) is 0 Å². The zero-order chi connectivity index (χ0) is 18.4. The van der Waals surface area contributed by atoms with Crippen LogP contribution in [-0.4, -0.2) is 38.3 Å². The lowest BCUT2D eigenvalue weighted by atomic mass is 10.1. The van der Waals surface area contributed by atoms with Crippen LogP contribution >= 0.6 is 0 Å². The topological polar surface area (TPSA) is 52.0 Å². The van der Waals surface area contributed by atoms with Gasteiger partial charge in [0.2, 0.25) is 0 Å². The third-order valence-electron chi connectivity index (χ3n) is 4.33. The highest BCUT2D eigenvalue weighted by molar-refractivity contribution is 6.04. The Labute approximate surface area is 154 Å². The van der Waals surface area contributed by atoms with Gasteiger partial charge in [0.15, 0.2) is 0 Å². The van der Waals surface area contributed by atoms with Crippen LogP contribution in [-0.2, 0) is 11.3 Å². The van der Waals surface area contributed by atoms with Crippen molar-refractivity contribution in [1.82, 2.24) is 0 Å². The minimum Gasteiger partial charge on any atom is -0.491 e. The van der Waals surface area contributed by atoms with Crippen LogP contribution in [0.15, 0.2) is 48.5 Å². The molecule has 1 aliphatic heterocycles. The highest BCUT2D eigenvalue weighted by Gasteiger charge is 2.14. The zero-order valence-electron chi connectivity index (χ0n) is 15.5. The molecule has 0 atom stereocenters. The Morgan fingerprint density at radius 3 is 2.58 bits per heavy atom. The molecule has 3 rings (SSSR count). The first-order valence-electron chi connectivity index (χ1n) is 9.18. The van der Waals surface area contributed by atoms with E-state index in [1.807, 2.05) is 38.1 Å². The summed E-state index contributed by atoms with van der Waals surface area (Å²) in [6.45, 7) is 8.69. The van der Waals surface area contributed by atoms with Crippen molar-refractivity contribution in [2.45, 2.75) is 26.5 Å². The lowest BCUT2D eigenvalue weighted by Gasteiger charge is -2.23. The van der Waals surface area contributed by atoms with Gasteiger partial charge in [0.05, 0.1) is 19.3 Å². The number of hydrogen-bond donors (Lipinski definition) is 2. The number of carbonyl (C=O) groups is 1. The van der Waals surface area contributed by atoms with Gasteiger partial charge >= 0.3 is 0 Å². The fourth-order valence-corrected chi connectivity index (χ4v) is 3.02. The Morgan fingerprint density at radius 1 is 1.15 bits per heavy atom. The number of morpholine rings is 1. The van der Waals surface area contributed by atoms with Crippen LogP contribution in [0.5, 0.6) is 5.75 Å². The molecule has 0 spiro atoms. The molecule has 2 N–H and O–H groups in total. The first-order chi connectivity index (χ1) is 12.6. The second-order valence-corrected chi connectivity index (χ2v) is 6.88. The summed E-state index contributed by atoms with van der Waals surface area (Å²) in [4.78, 5) is 14.0. The van der Waals surface area contributed by atoms with E-state index in [0.29, 0.717) is 11.3 Å². The van der Waals surface area contributed by atoms with Crippen molar-refractivity contribution in [2.75, 3.05) is 31.6 Å². The number of quaternary nitrogens is 1. The van der Waals surface area contributed by atoms with E-state index in [2.05, 4.69) is 17.4 Å². The number of benzene rings is 2. The summed E-state index contributed by atoms with van der Waals surface area (Å²) in [5.41, 5.74) is 2.66. The van der Waals surface area contributed by atoms with E-state index in [-0.39, 0.29) is 12.0 Å². The molecule has 0 unspecified atom stereocenters. The molecule has 1 fully saturated rings.